The van der Waals surface area contributed by atoms with E-state index in [-0.39, 0.29) is 0 Å². The maximum atomic E-state index is 5.42. The van der Waals surface area contributed by atoms with E-state index >= 15 is 0 Å². The van der Waals surface area contributed by atoms with Gasteiger partial charge >= 0.3 is 0 Å². The van der Waals surface area contributed by atoms with E-state index in [1.807, 2.05) is 7.05 Å². The highest BCUT2D eigenvalue weighted by Gasteiger charge is 2.42. The Bertz CT molecular complexity index is 417. The summed E-state index contributed by atoms with van der Waals surface area (Å²) in [7, 11) is 3.50. The lowest BCUT2D eigenvalue weighted by Crippen LogP contribution is -2.25. The lowest BCUT2D eigenvalue weighted by Gasteiger charge is -2.20. The zero-order valence-electron chi connectivity index (χ0n) is 10.9. The summed E-state index contributed by atoms with van der Waals surface area (Å²) in [5.74, 6) is 3.93. The summed E-state index contributed by atoms with van der Waals surface area (Å²) in [6, 6.07) is 0.568. The molecule has 2 saturated carbocycles. The van der Waals surface area contributed by atoms with Crippen LogP contribution in [0.5, 0.6) is 5.75 Å². The van der Waals surface area contributed by atoms with Crippen molar-refractivity contribution in [2.45, 2.75) is 31.7 Å². The summed E-state index contributed by atoms with van der Waals surface area (Å²) in [5, 5.41) is 6.61. The summed E-state index contributed by atoms with van der Waals surface area (Å²) in [5.41, 5.74) is 0. The van der Waals surface area contributed by atoms with Crippen molar-refractivity contribution >= 4 is 11.6 Å². The summed E-state index contributed by atoms with van der Waals surface area (Å²) >= 11 is 0. The van der Waals surface area contributed by atoms with Gasteiger partial charge < -0.3 is 15.4 Å². The van der Waals surface area contributed by atoms with Gasteiger partial charge in [-0.05, 0) is 37.5 Å². The SMILES string of the molecule is CNc1ncnc(NC(C2CC2)C2CC2)c1OC. The number of hydrogen-bond acceptors (Lipinski definition) is 5. The third-order valence-electron chi connectivity index (χ3n) is 3.81. The maximum absolute atomic E-state index is 5.42. The maximum Gasteiger partial charge on any atom is 0.204 e. The summed E-state index contributed by atoms with van der Waals surface area (Å²) in [4.78, 5) is 8.50. The molecule has 5 nitrogen and oxygen atoms in total. The molecule has 0 radical (unpaired) electrons. The minimum Gasteiger partial charge on any atom is -0.490 e. The number of ether oxygens (including phenoxy) is 1. The highest BCUT2D eigenvalue weighted by atomic mass is 16.5. The third-order valence-corrected chi connectivity index (χ3v) is 3.81. The van der Waals surface area contributed by atoms with Crippen molar-refractivity contribution in [3.8, 4) is 5.75 Å². The van der Waals surface area contributed by atoms with Crippen molar-refractivity contribution in [3.05, 3.63) is 6.33 Å². The van der Waals surface area contributed by atoms with Crippen LogP contribution in [0.4, 0.5) is 11.6 Å². The Morgan fingerprint density at radius 3 is 2.28 bits per heavy atom. The molecule has 0 atom stereocenters. The molecule has 2 fully saturated rings. The predicted molar refractivity (Wildman–Crippen MR) is 71.0 cm³/mol. The number of anilines is 2. The van der Waals surface area contributed by atoms with E-state index in [0.29, 0.717) is 11.8 Å². The minimum absolute atomic E-state index is 0.568. The fourth-order valence-electron chi connectivity index (χ4n) is 2.54. The van der Waals surface area contributed by atoms with E-state index in [9.17, 15) is 0 Å². The molecule has 5 heteroatoms. The Labute approximate surface area is 107 Å². The zero-order valence-corrected chi connectivity index (χ0v) is 10.9. The smallest absolute Gasteiger partial charge is 0.204 e. The average Bonchev–Trinajstić information content (AvgIpc) is 3.28. The Hall–Kier alpha value is -1.52. The molecule has 0 saturated heterocycles. The quantitative estimate of drug-likeness (QED) is 0.807. The van der Waals surface area contributed by atoms with Crippen molar-refractivity contribution in [2.24, 2.45) is 11.8 Å². The summed E-state index contributed by atoms with van der Waals surface area (Å²) < 4.78 is 5.42. The van der Waals surface area contributed by atoms with Crippen LogP contribution in [0.2, 0.25) is 0 Å². The molecule has 0 unspecified atom stereocenters. The molecule has 0 aliphatic heterocycles. The van der Waals surface area contributed by atoms with E-state index < -0.39 is 0 Å². The van der Waals surface area contributed by atoms with Crippen LogP contribution in [0.25, 0.3) is 0 Å². The molecule has 0 aromatic carbocycles. The lowest BCUT2D eigenvalue weighted by atomic mass is 10.1. The van der Waals surface area contributed by atoms with Gasteiger partial charge in [0.05, 0.1) is 7.11 Å². The number of nitrogens with one attached hydrogen (secondary N) is 2. The topological polar surface area (TPSA) is 59.1 Å². The molecule has 2 aliphatic carbocycles. The molecule has 3 rings (SSSR count). The molecule has 2 aliphatic rings. The normalized spacial score (nSPS) is 18.8. The predicted octanol–water partition coefficient (Wildman–Crippen LogP) is 2.13. The molecule has 1 heterocycles. The molecular formula is C13H20N4O. The van der Waals surface area contributed by atoms with Gasteiger partial charge in [-0.15, -0.1) is 0 Å². The first kappa shape index (κ1) is 11.6. The number of hydrogen-bond donors (Lipinski definition) is 2. The van der Waals surface area contributed by atoms with Crippen molar-refractivity contribution in [1.29, 1.82) is 0 Å². The lowest BCUT2D eigenvalue weighted by molar-refractivity contribution is 0.413. The molecule has 98 valence electrons. The Morgan fingerprint density at radius 2 is 1.78 bits per heavy atom. The highest BCUT2D eigenvalue weighted by molar-refractivity contribution is 5.63. The van der Waals surface area contributed by atoms with Gasteiger partial charge in [-0.25, -0.2) is 9.97 Å². The number of nitrogens with zero attached hydrogens (tertiary/aromatic N) is 2. The van der Waals surface area contributed by atoms with E-state index in [2.05, 4.69) is 20.6 Å². The van der Waals surface area contributed by atoms with E-state index in [0.717, 1.165) is 23.5 Å². The molecule has 18 heavy (non-hydrogen) atoms. The van der Waals surface area contributed by atoms with Crippen LogP contribution in [0.3, 0.4) is 0 Å². The standard InChI is InChI=1S/C13H20N4O/c1-14-12-11(18-2)13(16-7-15-12)17-10(8-3-4-8)9-5-6-9/h7-10H,3-6H2,1-2H3,(H2,14,15,16,17). The molecule has 1 aromatic rings. The monoisotopic (exact) mass is 248 g/mol. The molecule has 0 spiro atoms. The van der Waals surface area contributed by atoms with Crippen molar-refractivity contribution in [2.75, 3.05) is 24.8 Å². The Morgan fingerprint density at radius 1 is 1.17 bits per heavy atom. The van der Waals surface area contributed by atoms with Crippen LogP contribution < -0.4 is 15.4 Å². The van der Waals surface area contributed by atoms with Crippen LogP contribution in [-0.2, 0) is 0 Å². The van der Waals surface area contributed by atoms with Crippen LogP contribution in [0.15, 0.2) is 6.33 Å². The van der Waals surface area contributed by atoms with E-state index in [4.69, 9.17) is 4.74 Å². The third kappa shape index (κ3) is 2.21. The van der Waals surface area contributed by atoms with Crippen molar-refractivity contribution in [1.82, 2.24) is 9.97 Å². The number of aromatic nitrogens is 2. The first-order valence-electron chi connectivity index (χ1n) is 6.66. The van der Waals surface area contributed by atoms with E-state index in [1.165, 1.54) is 25.7 Å². The van der Waals surface area contributed by atoms with Crippen LogP contribution in [0.1, 0.15) is 25.7 Å². The largest absolute Gasteiger partial charge is 0.490 e. The van der Waals surface area contributed by atoms with Gasteiger partial charge in [0.15, 0.2) is 11.6 Å². The van der Waals surface area contributed by atoms with E-state index in [1.54, 1.807) is 13.4 Å². The second-order valence-electron chi connectivity index (χ2n) is 5.20. The van der Waals surface area contributed by atoms with Gasteiger partial charge in [0.25, 0.3) is 0 Å². The fraction of sp³-hybridized carbons (Fsp3) is 0.692. The van der Waals surface area contributed by atoms with Gasteiger partial charge in [-0.2, -0.15) is 0 Å². The molecule has 0 bridgehead atoms. The molecule has 2 N–H and O–H groups in total. The summed E-state index contributed by atoms with van der Waals surface area (Å²) in [6.07, 6.45) is 6.97. The van der Waals surface area contributed by atoms with Gasteiger partial charge in [-0.1, -0.05) is 0 Å². The van der Waals surface area contributed by atoms with Crippen molar-refractivity contribution < 1.29 is 4.74 Å². The number of rotatable bonds is 6. The fourth-order valence-corrected chi connectivity index (χ4v) is 2.54. The average molecular weight is 248 g/mol. The van der Waals surface area contributed by atoms with Gasteiger partial charge in [0, 0.05) is 13.1 Å². The first-order valence-corrected chi connectivity index (χ1v) is 6.66. The summed E-state index contributed by atoms with van der Waals surface area (Å²) in [6.45, 7) is 0. The van der Waals surface area contributed by atoms with Crippen molar-refractivity contribution in [3.63, 3.8) is 0 Å². The zero-order chi connectivity index (χ0) is 12.5. The number of methoxy groups -OCH3 is 1. The van der Waals surface area contributed by atoms with Gasteiger partial charge in [0.1, 0.15) is 6.33 Å². The van der Waals surface area contributed by atoms with Crippen LogP contribution >= 0.6 is 0 Å². The molecule has 1 aromatic heterocycles. The second kappa shape index (κ2) is 4.63. The Kier molecular flexibility index (Phi) is 2.97. The van der Waals surface area contributed by atoms with Gasteiger partial charge in [0.2, 0.25) is 5.75 Å². The first-order chi connectivity index (χ1) is 8.83. The van der Waals surface area contributed by atoms with Crippen LogP contribution in [0, 0.1) is 11.8 Å². The molecular weight excluding hydrogens is 228 g/mol. The Balaban J connectivity index is 1.81. The van der Waals surface area contributed by atoms with Crippen LogP contribution in [-0.4, -0.2) is 30.2 Å². The molecule has 0 amide bonds. The second-order valence-corrected chi connectivity index (χ2v) is 5.20. The highest BCUT2D eigenvalue weighted by Crippen LogP contribution is 2.46. The minimum atomic E-state index is 0.568. The van der Waals surface area contributed by atoms with Gasteiger partial charge in [-0.3, -0.25) is 0 Å².